The minimum atomic E-state index is -0.574. The van der Waals surface area contributed by atoms with Crippen molar-refractivity contribution >= 4 is 11.6 Å². The number of halogens is 1. The largest absolute Gasteiger partial charge is 0.386 e. The van der Waals surface area contributed by atoms with Gasteiger partial charge in [-0.2, -0.15) is 0 Å². The van der Waals surface area contributed by atoms with Crippen LogP contribution in [0.4, 0.5) is 0 Å². The van der Waals surface area contributed by atoms with Crippen molar-refractivity contribution in [2.75, 3.05) is 6.61 Å². The molecule has 0 amide bonds. The van der Waals surface area contributed by atoms with Crippen LogP contribution < -0.4 is 0 Å². The molecule has 0 saturated heterocycles. The number of aliphatic hydroxyl groups excluding tert-OH is 1. The predicted molar refractivity (Wildman–Crippen MR) is 57.5 cm³/mol. The van der Waals surface area contributed by atoms with E-state index in [1.165, 1.54) is 0 Å². The average Bonchev–Trinajstić information content (AvgIpc) is 2.15. The first-order valence-electron chi connectivity index (χ1n) is 4.64. The molecule has 1 unspecified atom stereocenters. The van der Waals surface area contributed by atoms with Gasteiger partial charge in [0.2, 0.25) is 0 Å². The first-order valence-corrected chi connectivity index (χ1v) is 5.02. The lowest BCUT2D eigenvalue weighted by Gasteiger charge is -2.13. The Morgan fingerprint density at radius 2 is 1.86 bits per heavy atom. The molecule has 0 aliphatic carbocycles. The molecule has 3 heteroatoms. The molecule has 0 aliphatic rings. The molecule has 2 nitrogen and oxygen atoms in total. The van der Waals surface area contributed by atoms with Crippen molar-refractivity contribution in [2.24, 2.45) is 0 Å². The Balaban J connectivity index is 2.52. The first-order chi connectivity index (χ1) is 6.59. The van der Waals surface area contributed by atoms with E-state index in [4.69, 9.17) is 16.3 Å². The van der Waals surface area contributed by atoms with Crippen LogP contribution in [0.5, 0.6) is 0 Å². The fourth-order valence-electron chi connectivity index (χ4n) is 1.06. The van der Waals surface area contributed by atoms with Crippen LogP contribution in [-0.2, 0) is 4.74 Å². The molecule has 0 heterocycles. The monoisotopic (exact) mass is 214 g/mol. The molecule has 0 bridgehead atoms. The Hall–Kier alpha value is -0.570. The molecule has 1 N–H and O–H groups in total. The smallest absolute Gasteiger partial charge is 0.102 e. The van der Waals surface area contributed by atoms with Gasteiger partial charge < -0.3 is 9.84 Å². The second-order valence-corrected chi connectivity index (χ2v) is 3.89. The van der Waals surface area contributed by atoms with E-state index in [1.54, 1.807) is 24.3 Å². The van der Waals surface area contributed by atoms with Gasteiger partial charge in [-0.15, -0.1) is 0 Å². The minimum Gasteiger partial charge on any atom is -0.386 e. The molecule has 0 saturated carbocycles. The number of hydrogen-bond acceptors (Lipinski definition) is 2. The van der Waals surface area contributed by atoms with Gasteiger partial charge in [-0.1, -0.05) is 23.7 Å². The van der Waals surface area contributed by atoms with E-state index in [1.807, 2.05) is 13.8 Å². The van der Waals surface area contributed by atoms with Crippen molar-refractivity contribution in [3.63, 3.8) is 0 Å². The first kappa shape index (κ1) is 11.5. The van der Waals surface area contributed by atoms with Crippen LogP contribution in [0, 0.1) is 0 Å². The molecular formula is C11H15ClO2. The lowest BCUT2D eigenvalue weighted by molar-refractivity contribution is 0.00493. The summed E-state index contributed by atoms with van der Waals surface area (Å²) in [7, 11) is 0. The van der Waals surface area contributed by atoms with Gasteiger partial charge >= 0.3 is 0 Å². The minimum absolute atomic E-state index is 0.136. The van der Waals surface area contributed by atoms with Crippen LogP contribution in [-0.4, -0.2) is 17.8 Å². The number of hydrogen-bond donors (Lipinski definition) is 1. The molecule has 1 aromatic carbocycles. The van der Waals surface area contributed by atoms with Gasteiger partial charge in [0.25, 0.3) is 0 Å². The van der Waals surface area contributed by atoms with Crippen molar-refractivity contribution in [1.82, 2.24) is 0 Å². The highest BCUT2D eigenvalue weighted by molar-refractivity contribution is 6.30. The molecule has 78 valence electrons. The fraction of sp³-hybridized carbons (Fsp3) is 0.455. The van der Waals surface area contributed by atoms with Crippen molar-refractivity contribution in [2.45, 2.75) is 26.1 Å². The summed E-state index contributed by atoms with van der Waals surface area (Å²) in [6.07, 6.45) is -0.438. The normalized spacial score (nSPS) is 13.2. The Kier molecular flexibility index (Phi) is 4.39. The van der Waals surface area contributed by atoms with Gasteiger partial charge in [0.15, 0.2) is 0 Å². The van der Waals surface area contributed by atoms with Gasteiger partial charge in [-0.05, 0) is 31.5 Å². The summed E-state index contributed by atoms with van der Waals surface area (Å²) in [6, 6.07) is 7.12. The number of benzene rings is 1. The van der Waals surface area contributed by atoms with E-state index in [-0.39, 0.29) is 6.10 Å². The molecule has 0 aromatic heterocycles. The summed E-state index contributed by atoms with van der Waals surface area (Å²) in [4.78, 5) is 0. The predicted octanol–water partition coefficient (Wildman–Crippen LogP) is 2.80. The fourth-order valence-corrected chi connectivity index (χ4v) is 1.19. The third-order valence-electron chi connectivity index (χ3n) is 1.84. The van der Waals surface area contributed by atoms with E-state index in [2.05, 4.69) is 0 Å². The number of aliphatic hydroxyl groups is 1. The lowest BCUT2D eigenvalue weighted by atomic mass is 10.1. The quantitative estimate of drug-likeness (QED) is 0.835. The van der Waals surface area contributed by atoms with Crippen LogP contribution >= 0.6 is 11.6 Å². The standard InChI is InChI=1S/C11H15ClO2/c1-8(2)14-7-11(13)9-3-5-10(12)6-4-9/h3-6,8,11,13H,7H2,1-2H3. The average molecular weight is 215 g/mol. The maximum Gasteiger partial charge on any atom is 0.102 e. The van der Waals surface area contributed by atoms with Crippen molar-refractivity contribution in [3.05, 3.63) is 34.9 Å². The Labute approximate surface area is 89.5 Å². The van der Waals surface area contributed by atoms with Gasteiger partial charge in [0, 0.05) is 5.02 Å². The van der Waals surface area contributed by atoms with Crippen LogP contribution in [0.2, 0.25) is 5.02 Å². The summed E-state index contributed by atoms with van der Waals surface area (Å²) in [5.41, 5.74) is 0.829. The van der Waals surface area contributed by atoms with Crippen molar-refractivity contribution < 1.29 is 9.84 Å². The number of ether oxygens (including phenoxy) is 1. The van der Waals surface area contributed by atoms with Gasteiger partial charge in [-0.3, -0.25) is 0 Å². The summed E-state index contributed by atoms with van der Waals surface area (Å²) >= 11 is 5.73. The van der Waals surface area contributed by atoms with E-state index in [0.717, 1.165) is 5.56 Å². The zero-order valence-corrected chi connectivity index (χ0v) is 9.16. The zero-order chi connectivity index (χ0) is 10.6. The topological polar surface area (TPSA) is 29.5 Å². The summed E-state index contributed by atoms with van der Waals surface area (Å²) in [5, 5.41) is 10.4. The molecule has 0 aliphatic heterocycles. The highest BCUT2D eigenvalue weighted by atomic mass is 35.5. The van der Waals surface area contributed by atoms with Crippen molar-refractivity contribution in [1.29, 1.82) is 0 Å². The number of rotatable bonds is 4. The Morgan fingerprint density at radius 3 is 2.36 bits per heavy atom. The summed E-state index contributed by atoms with van der Waals surface area (Å²) in [5.74, 6) is 0. The Bertz CT molecular complexity index is 269. The third-order valence-corrected chi connectivity index (χ3v) is 2.09. The molecule has 1 atom stereocenters. The molecule has 14 heavy (non-hydrogen) atoms. The van der Waals surface area contributed by atoms with Crippen LogP contribution in [0.1, 0.15) is 25.5 Å². The molecular weight excluding hydrogens is 200 g/mol. The van der Waals surface area contributed by atoms with E-state index in [0.29, 0.717) is 11.6 Å². The van der Waals surface area contributed by atoms with E-state index < -0.39 is 6.10 Å². The van der Waals surface area contributed by atoms with Crippen LogP contribution in [0.25, 0.3) is 0 Å². The molecule has 0 spiro atoms. The van der Waals surface area contributed by atoms with Gasteiger partial charge in [0.1, 0.15) is 6.10 Å². The SMILES string of the molecule is CC(C)OCC(O)c1ccc(Cl)cc1. The highest BCUT2D eigenvalue weighted by Gasteiger charge is 2.07. The second-order valence-electron chi connectivity index (χ2n) is 3.45. The summed E-state index contributed by atoms with van der Waals surface area (Å²) < 4.78 is 5.31. The molecule has 1 rings (SSSR count). The van der Waals surface area contributed by atoms with Crippen molar-refractivity contribution in [3.8, 4) is 0 Å². The van der Waals surface area contributed by atoms with Crippen LogP contribution in [0.3, 0.4) is 0 Å². The Morgan fingerprint density at radius 1 is 1.29 bits per heavy atom. The third kappa shape index (κ3) is 3.66. The molecule has 1 aromatic rings. The molecule has 0 fully saturated rings. The maximum absolute atomic E-state index is 9.69. The summed E-state index contributed by atoms with van der Waals surface area (Å²) in [6.45, 7) is 4.20. The lowest BCUT2D eigenvalue weighted by Crippen LogP contribution is -2.11. The van der Waals surface area contributed by atoms with E-state index >= 15 is 0 Å². The van der Waals surface area contributed by atoms with Crippen LogP contribution in [0.15, 0.2) is 24.3 Å². The molecule has 0 radical (unpaired) electrons. The van der Waals surface area contributed by atoms with Gasteiger partial charge in [0.05, 0.1) is 12.7 Å². The van der Waals surface area contributed by atoms with E-state index in [9.17, 15) is 5.11 Å². The second kappa shape index (κ2) is 5.35. The zero-order valence-electron chi connectivity index (χ0n) is 8.40. The van der Waals surface area contributed by atoms with Gasteiger partial charge in [-0.25, -0.2) is 0 Å². The highest BCUT2D eigenvalue weighted by Crippen LogP contribution is 2.16. The maximum atomic E-state index is 9.69.